The molecular formula is C24H18F3N5O3. The Labute approximate surface area is 196 Å². The van der Waals surface area contributed by atoms with Crippen molar-refractivity contribution < 1.29 is 18.3 Å². The van der Waals surface area contributed by atoms with E-state index in [4.69, 9.17) is 5.26 Å². The Kier molecular flexibility index (Phi) is 6.15. The van der Waals surface area contributed by atoms with Crippen LogP contribution < -0.4 is 11.2 Å². The van der Waals surface area contributed by atoms with Crippen molar-refractivity contribution in [1.82, 2.24) is 18.9 Å². The van der Waals surface area contributed by atoms with Crippen LogP contribution in [0.1, 0.15) is 24.1 Å². The maximum atomic E-state index is 13.4. The quantitative estimate of drug-likeness (QED) is 0.471. The number of benzene rings is 2. The highest BCUT2D eigenvalue weighted by atomic mass is 19.4. The lowest BCUT2D eigenvalue weighted by molar-refractivity contribution is -0.137. The zero-order valence-electron chi connectivity index (χ0n) is 18.3. The molecule has 0 amide bonds. The number of hydrogen-bond donors (Lipinski definition) is 1. The Morgan fingerprint density at radius 1 is 1.09 bits per heavy atom. The molecule has 1 atom stereocenters. The Hall–Kier alpha value is -4.43. The second-order valence-corrected chi connectivity index (χ2v) is 7.74. The van der Waals surface area contributed by atoms with Crippen LogP contribution in [-0.2, 0) is 6.18 Å². The first-order chi connectivity index (χ1) is 16.7. The smallest absolute Gasteiger partial charge is 0.394 e. The van der Waals surface area contributed by atoms with Crippen molar-refractivity contribution in [2.45, 2.75) is 19.1 Å². The lowest BCUT2D eigenvalue weighted by Gasteiger charge is -2.18. The minimum Gasteiger partial charge on any atom is -0.394 e. The first-order valence-electron chi connectivity index (χ1n) is 10.4. The van der Waals surface area contributed by atoms with E-state index in [1.807, 2.05) is 6.07 Å². The van der Waals surface area contributed by atoms with Crippen LogP contribution in [-0.4, -0.2) is 30.6 Å². The Bertz CT molecular complexity index is 1540. The molecule has 1 N–H and O–H groups in total. The van der Waals surface area contributed by atoms with Gasteiger partial charge >= 0.3 is 11.9 Å². The van der Waals surface area contributed by atoms with Crippen LogP contribution in [0.4, 0.5) is 13.2 Å². The summed E-state index contributed by atoms with van der Waals surface area (Å²) in [5, 5.41) is 22.9. The van der Waals surface area contributed by atoms with E-state index in [0.29, 0.717) is 11.3 Å². The third-order valence-corrected chi connectivity index (χ3v) is 5.44. The topological polar surface area (TPSA) is 106 Å². The van der Waals surface area contributed by atoms with E-state index in [1.54, 1.807) is 24.3 Å². The van der Waals surface area contributed by atoms with Gasteiger partial charge in [0, 0.05) is 6.20 Å². The Morgan fingerprint density at radius 2 is 1.80 bits per heavy atom. The van der Waals surface area contributed by atoms with E-state index < -0.39 is 35.6 Å². The number of nitriles is 1. The molecule has 8 nitrogen and oxygen atoms in total. The molecule has 0 bridgehead atoms. The lowest BCUT2D eigenvalue weighted by atomic mass is 10.1. The number of nitrogens with zero attached hydrogens (tertiary/aromatic N) is 5. The van der Waals surface area contributed by atoms with Gasteiger partial charge < -0.3 is 5.11 Å². The van der Waals surface area contributed by atoms with Crippen molar-refractivity contribution in [2.24, 2.45) is 0 Å². The summed E-state index contributed by atoms with van der Waals surface area (Å²) in [4.78, 5) is 26.5. The van der Waals surface area contributed by atoms with Crippen LogP contribution in [0.3, 0.4) is 0 Å². The zero-order valence-corrected chi connectivity index (χ0v) is 18.3. The van der Waals surface area contributed by atoms with Gasteiger partial charge in [-0.15, -0.1) is 0 Å². The van der Waals surface area contributed by atoms with Gasteiger partial charge in [-0.1, -0.05) is 6.07 Å². The third-order valence-electron chi connectivity index (χ3n) is 5.44. The summed E-state index contributed by atoms with van der Waals surface area (Å²) in [6, 6.07) is 13.1. The molecule has 0 aliphatic rings. The fourth-order valence-electron chi connectivity index (χ4n) is 3.63. The molecule has 4 rings (SSSR count). The first-order valence-corrected chi connectivity index (χ1v) is 10.4. The van der Waals surface area contributed by atoms with Crippen molar-refractivity contribution >= 4 is 0 Å². The van der Waals surface area contributed by atoms with Gasteiger partial charge in [0.05, 0.1) is 58.7 Å². The van der Waals surface area contributed by atoms with Gasteiger partial charge in [0.1, 0.15) is 0 Å². The molecule has 0 aliphatic carbocycles. The van der Waals surface area contributed by atoms with E-state index in [9.17, 15) is 27.9 Å². The molecule has 0 saturated carbocycles. The molecule has 35 heavy (non-hydrogen) atoms. The maximum Gasteiger partial charge on any atom is 0.416 e. The number of halogens is 3. The monoisotopic (exact) mass is 481 g/mol. The molecule has 0 radical (unpaired) electrons. The van der Waals surface area contributed by atoms with Crippen molar-refractivity contribution in [3.63, 3.8) is 0 Å². The van der Waals surface area contributed by atoms with E-state index in [-0.39, 0.29) is 16.9 Å². The molecule has 0 spiro atoms. The van der Waals surface area contributed by atoms with Gasteiger partial charge in [-0.3, -0.25) is 13.9 Å². The third kappa shape index (κ3) is 4.39. The van der Waals surface area contributed by atoms with Gasteiger partial charge in [-0.25, -0.2) is 9.48 Å². The number of hydrogen-bond acceptors (Lipinski definition) is 5. The standard InChI is InChI=1S/C24H18F3N5O3/c1-15(14-33)31-22(34)20(21-9-10-29-32(21)18-7-5-16(12-28)6-8-18)13-30(23(31)35)19-4-2-3-17(11-19)24(25,26)27/h2-11,13,15,33H,14H2,1H3. The molecule has 0 fully saturated rings. The molecule has 0 saturated heterocycles. The van der Waals surface area contributed by atoms with Crippen molar-refractivity contribution in [2.75, 3.05) is 6.61 Å². The highest BCUT2D eigenvalue weighted by molar-refractivity contribution is 5.61. The Balaban J connectivity index is 1.99. The second kappa shape index (κ2) is 9.08. The van der Waals surface area contributed by atoms with Crippen LogP contribution in [0.15, 0.2) is 76.6 Å². The van der Waals surface area contributed by atoms with Gasteiger partial charge in [0.25, 0.3) is 5.56 Å². The highest BCUT2D eigenvalue weighted by Crippen LogP contribution is 2.30. The van der Waals surface area contributed by atoms with E-state index in [1.165, 1.54) is 29.9 Å². The predicted octanol–water partition coefficient (Wildman–Crippen LogP) is 3.30. The fraction of sp³-hybridized carbons (Fsp3) is 0.167. The number of aliphatic hydroxyl groups excluding tert-OH is 1. The van der Waals surface area contributed by atoms with Gasteiger partial charge in [0.15, 0.2) is 0 Å². The second-order valence-electron chi connectivity index (χ2n) is 7.74. The summed E-state index contributed by atoms with van der Waals surface area (Å²) in [6.07, 6.45) is -2.05. The van der Waals surface area contributed by atoms with Crippen molar-refractivity contribution in [1.29, 1.82) is 5.26 Å². The summed E-state index contributed by atoms with van der Waals surface area (Å²) in [7, 11) is 0. The molecule has 4 aromatic rings. The average Bonchev–Trinajstić information content (AvgIpc) is 3.33. The van der Waals surface area contributed by atoms with E-state index in [2.05, 4.69) is 5.10 Å². The summed E-state index contributed by atoms with van der Waals surface area (Å²) in [5.74, 6) is 0. The van der Waals surface area contributed by atoms with Crippen LogP contribution in [0.25, 0.3) is 22.6 Å². The molecule has 0 aliphatic heterocycles. The van der Waals surface area contributed by atoms with Gasteiger partial charge in [0.2, 0.25) is 0 Å². The zero-order chi connectivity index (χ0) is 25.3. The molecule has 1 unspecified atom stereocenters. The molecule has 2 aromatic heterocycles. The molecule has 2 aromatic carbocycles. The fourth-order valence-corrected chi connectivity index (χ4v) is 3.63. The summed E-state index contributed by atoms with van der Waals surface area (Å²) in [5.41, 5.74) is -1.53. The summed E-state index contributed by atoms with van der Waals surface area (Å²) in [6.45, 7) is 0.900. The minimum atomic E-state index is -4.64. The number of alkyl halides is 3. The lowest BCUT2D eigenvalue weighted by Crippen LogP contribution is -2.42. The van der Waals surface area contributed by atoms with E-state index >= 15 is 0 Å². The Morgan fingerprint density at radius 3 is 2.43 bits per heavy atom. The normalized spacial score (nSPS) is 12.3. The van der Waals surface area contributed by atoms with Gasteiger partial charge in [-0.2, -0.15) is 23.5 Å². The maximum absolute atomic E-state index is 13.4. The summed E-state index contributed by atoms with van der Waals surface area (Å²) >= 11 is 0. The first kappa shape index (κ1) is 23.7. The number of rotatable bonds is 5. The average molecular weight is 481 g/mol. The SMILES string of the molecule is CC(CO)n1c(=O)c(-c2ccnn2-c2ccc(C#N)cc2)cn(-c2cccc(C(F)(F)F)c2)c1=O. The van der Waals surface area contributed by atoms with Gasteiger partial charge in [-0.05, 0) is 55.5 Å². The minimum absolute atomic E-state index is 0.0239. The number of aliphatic hydroxyl groups is 1. The van der Waals surface area contributed by atoms with Crippen molar-refractivity contribution in [3.05, 3.63) is 99.0 Å². The largest absolute Gasteiger partial charge is 0.416 e. The number of aromatic nitrogens is 4. The summed E-state index contributed by atoms with van der Waals surface area (Å²) < 4.78 is 43.0. The van der Waals surface area contributed by atoms with Crippen LogP contribution in [0, 0.1) is 11.3 Å². The molecular weight excluding hydrogens is 463 g/mol. The van der Waals surface area contributed by atoms with Crippen LogP contribution in [0.2, 0.25) is 0 Å². The molecule has 178 valence electrons. The highest BCUT2D eigenvalue weighted by Gasteiger charge is 2.31. The van der Waals surface area contributed by atoms with E-state index in [0.717, 1.165) is 33.5 Å². The van der Waals surface area contributed by atoms with Crippen molar-refractivity contribution in [3.8, 4) is 28.7 Å². The van der Waals surface area contributed by atoms with Crippen LogP contribution in [0.5, 0.6) is 0 Å². The molecule has 2 heterocycles. The predicted molar refractivity (Wildman–Crippen MR) is 120 cm³/mol. The molecule has 11 heteroatoms. The van der Waals surface area contributed by atoms with Crippen LogP contribution >= 0.6 is 0 Å².